The Morgan fingerprint density at radius 2 is 1.90 bits per heavy atom. The summed E-state index contributed by atoms with van der Waals surface area (Å²) in [6.45, 7) is 4.72. The lowest BCUT2D eigenvalue weighted by atomic mass is 10.2. The van der Waals surface area contributed by atoms with E-state index < -0.39 is 17.5 Å². The van der Waals surface area contributed by atoms with Gasteiger partial charge in [-0.3, -0.25) is 0 Å². The first-order valence-corrected chi connectivity index (χ1v) is 6.22. The number of nitrogens with one attached hydrogen (secondary N) is 1. The Kier molecular flexibility index (Phi) is 4.39. The van der Waals surface area contributed by atoms with Crippen molar-refractivity contribution in [1.82, 2.24) is 15.5 Å². The van der Waals surface area contributed by atoms with Crippen LogP contribution in [0.25, 0.3) is 11.4 Å². The molecule has 0 saturated carbocycles. The van der Waals surface area contributed by atoms with Crippen LogP contribution in [0.5, 0.6) is 0 Å². The van der Waals surface area contributed by atoms with E-state index in [1.807, 2.05) is 13.8 Å². The van der Waals surface area contributed by atoms with Gasteiger partial charge in [-0.25, -0.2) is 13.2 Å². The Morgan fingerprint density at radius 1 is 1.25 bits per heavy atom. The van der Waals surface area contributed by atoms with Crippen LogP contribution in [0.2, 0.25) is 0 Å². The minimum absolute atomic E-state index is 0.0292. The Hall–Kier alpha value is -1.89. The fourth-order valence-electron chi connectivity index (χ4n) is 1.82. The Morgan fingerprint density at radius 3 is 2.50 bits per heavy atom. The molecule has 1 aromatic carbocycles. The summed E-state index contributed by atoms with van der Waals surface area (Å²) in [6, 6.07) is 1.80. The molecule has 108 valence electrons. The molecule has 4 nitrogen and oxygen atoms in total. The van der Waals surface area contributed by atoms with Crippen LogP contribution >= 0.6 is 0 Å². The molecule has 0 aliphatic rings. The molecule has 1 unspecified atom stereocenters. The molecule has 2 rings (SSSR count). The number of likely N-dealkylation sites (N-methyl/N-ethyl adjacent to an activating group) is 1. The summed E-state index contributed by atoms with van der Waals surface area (Å²) >= 11 is 0. The minimum atomic E-state index is -1.52. The Bertz CT molecular complexity index is 577. The van der Waals surface area contributed by atoms with Gasteiger partial charge in [-0.15, -0.1) is 0 Å². The second kappa shape index (κ2) is 6.04. The van der Waals surface area contributed by atoms with Crippen molar-refractivity contribution < 1.29 is 17.7 Å². The minimum Gasteiger partial charge on any atom is -0.339 e. The normalized spacial score (nSPS) is 12.7. The first-order valence-electron chi connectivity index (χ1n) is 6.22. The lowest BCUT2D eigenvalue weighted by molar-refractivity contribution is 0.363. The molecule has 2 aromatic rings. The second-order valence-electron chi connectivity index (χ2n) is 4.43. The number of rotatable bonds is 5. The third-order valence-corrected chi connectivity index (χ3v) is 2.74. The van der Waals surface area contributed by atoms with E-state index in [0.717, 1.165) is 18.7 Å². The van der Waals surface area contributed by atoms with E-state index >= 15 is 0 Å². The molecule has 0 aliphatic heterocycles. The van der Waals surface area contributed by atoms with Crippen LogP contribution in [0.15, 0.2) is 16.7 Å². The molecular weight excluding hydrogens is 271 g/mol. The van der Waals surface area contributed by atoms with Gasteiger partial charge in [0.05, 0.1) is 0 Å². The van der Waals surface area contributed by atoms with Crippen LogP contribution in [-0.4, -0.2) is 22.7 Å². The van der Waals surface area contributed by atoms with Crippen LogP contribution in [-0.2, 0) is 6.42 Å². The summed E-state index contributed by atoms with van der Waals surface area (Å²) in [7, 11) is 0. The Labute approximate surface area is 114 Å². The first-order chi connectivity index (χ1) is 9.51. The molecule has 1 N–H and O–H groups in total. The summed E-state index contributed by atoms with van der Waals surface area (Å²) in [5.74, 6) is -3.71. The maximum absolute atomic E-state index is 13.1. The van der Waals surface area contributed by atoms with Crippen molar-refractivity contribution in [2.75, 3.05) is 6.54 Å². The molecule has 0 bridgehead atoms. The fourth-order valence-corrected chi connectivity index (χ4v) is 1.82. The third kappa shape index (κ3) is 3.16. The number of hydrogen-bond donors (Lipinski definition) is 1. The average Bonchev–Trinajstić information content (AvgIpc) is 2.84. The van der Waals surface area contributed by atoms with E-state index in [4.69, 9.17) is 4.52 Å². The van der Waals surface area contributed by atoms with Crippen LogP contribution in [0, 0.1) is 17.5 Å². The molecule has 20 heavy (non-hydrogen) atoms. The number of aromatic nitrogens is 2. The van der Waals surface area contributed by atoms with Crippen LogP contribution in [0.3, 0.4) is 0 Å². The van der Waals surface area contributed by atoms with Gasteiger partial charge >= 0.3 is 0 Å². The van der Waals surface area contributed by atoms with Gasteiger partial charge < -0.3 is 9.84 Å². The monoisotopic (exact) mass is 285 g/mol. The average molecular weight is 285 g/mol. The molecule has 1 heterocycles. The highest BCUT2D eigenvalue weighted by Gasteiger charge is 2.16. The van der Waals surface area contributed by atoms with E-state index in [1.165, 1.54) is 0 Å². The molecule has 0 amide bonds. The molecule has 0 radical (unpaired) electrons. The number of hydrogen-bond acceptors (Lipinski definition) is 4. The molecule has 0 aliphatic carbocycles. The van der Waals surface area contributed by atoms with Crippen LogP contribution < -0.4 is 5.32 Å². The van der Waals surface area contributed by atoms with Crippen molar-refractivity contribution in [2.24, 2.45) is 0 Å². The second-order valence-corrected chi connectivity index (χ2v) is 4.43. The highest BCUT2D eigenvalue weighted by Crippen LogP contribution is 2.21. The predicted molar refractivity (Wildman–Crippen MR) is 66.5 cm³/mol. The lowest BCUT2D eigenvalue weighted by Gasteiger charge is -2.07. The molecule has 7 heteroatoms. The summed E-state index contributed by atoms with van der Waals surface area (Å²) in [5, 5.41) is 6.81. The van der Waals surface area contributed by atoms with E-state index in [2.05, 4.69) is 15.5 Å². The summed E-state index contributed by atoms with van der Waals surface area (Å²) in [5.41, 5.74) is 0.0347. The third-order valence-electron chi connectivity index (χ3n) is 2.74. The Balaban J connectivity index is 2.20. The van der Waals surface area contributed by atoms with Gasteiger partial charge in [-0.2, -0.15) is 4.98 Å². The van der Waals surface area contributed by atoms with E-state index in [1.54, 1.807) is 0 Å². The van der Waals surface area contributed by atoms with Gasteiger partial charge in [0.2, 0.25) is 11.7 Å². The van der Waals surface area contributed by atoms with E-state index in [0.29, 0.717) is 12.3 Å². The molecule has 1 atom stereocenters. The largest absolute Gasteiger partial charge is 0.339 e. The van der Waals surface area contributed by atoms with Crippen LogP contribution in [0.4, 0.5) is 13.2 Å². The van der Waals surface area contributed by atoms with Gasteiger partial charge in [-0.1, -0.05) is 12.1 Å². The van der Waals surface area contributed by atoms with Gasteiger partial charge in [0.1, 0.15) is 0 Å². The van der Waals surface area contributed by atoms with Crippen molar-refractivity contribution >= 4 is 0 Å². The lowest BCUT2D eigenvalue weighted by Crippen LogP contribution is -2.27. The van der Waals surface area contributed by atoms with E-state index in [-0.39, 0.29) is 17.4 Å². The van der Waals surface area contributed by atoms with Gasteiger partial charge in [0, 0.05) is 18.0 Å². The maximum Gasteiger partial charge on any atom is 0.228 e. The SMILES string of the molecule is CCNC(C)Cc1nc(-c2cc(F)c(F)c(F)c2)no1. The van der Waals surface area contributed by atoms with Crippen molar-refractivity contribution in [3.8, 4) is 11.4 Å². The number of benzene rings is 1. The summed E-state index contributed by atoms with van der Waals surface area (Å²) < 4.78 is 44.1. The molecular formula is C13H14F3N3O. The molecule has 0 spiro atoms. The van der Waals surface area contributed by atoms with Crippen molar-refractivity contribution in [3.63, 3.8) is 0 Å². The van der Waals surface area contributed by atoms with E-state index in [9.17, 15) is 13.2 Å². The van der Waals surface area contributed by atoms with Gasteiger partial charge in [-0.05, 0) is 25.6 Å². The smallest absolute Gasteiger partial charge is 0.228 e. The topological polar surface area (TPSA) is 51.0 Å². The van der Waals surface area contributed by atoms with Crippen LogP contribution in [0.1, 0.15) is 19.7 Å². The summed E-state index contributed by atoms with van der Waals surface area (Å²) in [6.07, 6.45) is 0.493. The van der Waals surface area contributed by atoms with Gasteiger partial charge in [0.15, 0.2) is 17.5 Å². The number of halogens is 3. The predicted octanol–water partition coefficient (Wildman–Crippen LogP) is 2.69. The summed E-state index contributed by atoms with van der Waals surface area (Å²) in [4.78, 5) is 4.04. The van der Waals surface area contributed by atoms with Crippen molar-refractivity contribution in [2.45, 2.75) is 26.3 Å². The highest BCUT2D eigenvalue weighted by molar-refractivity contribution is 5.54. The fraction of sp³-hybridized carbons (Fsp3) is 0.385. The molecule has 1 aromatic heterocycles. The van der Waals surface area contributed by atoms with Crippen molar-refractivity contribution in [1.29, 1.82) is 0 Å². The first kappa shape index (κ1) is 14.5. The van der Waals surface area contributed by atoms with Crippen molar-refractivity contribution in [3.05, 3.63) is 35.5 Å². The number of nitrogens with zero attached hydrogens (tertiary/aromatic N) is 2. The zero-order valence-corrected chi connectivity index (χ0v) is 11.1. The van der Waals surface area contributed by atoms with Gasteiger partial charge in [0.25, 0.3) is 0 Å². The zero-order valence-electron chi connectivity index (χ0n) is 11.1. The molecule has 0 saturated heterocycles. The molecule has 0 fully saturated rings. The maximum atomic E-state index is 13.1. The quantitative estimate of drug-likeness (QED) is 0.858. The standard InChI is InChI=1S/C13H14F3N3O/c1-3-17-7(2)4-11-18-13(19-20-11)8-5-9(14)12(16)10(15)6-8/h5-7,17H,3-4H2,1-2H3. The zero-order chi connectivity index (χ0) is 14.7. The highest BCUT2D eigenvalue weighted by atomic mass is 19.2.